The van der Waals surface area contributed by atoms with Gasteiger partial charge in [-0.25, -0.2) is 0 Å². The average molecular weight is 177 g/mol. The topological polar surface area (TPSA) is 9.23 Å². The minimum atomic E-state index is 0. The van der Waals surface area contributed by atoms with Crippen LogP contribution in [0.3, 0.4) is 0 Å². The summed E-state index contributed by atoms with van der Waals surface area (Å²) < 4.78 is 5.72. The number of fused-ring (bicyclic) bond motifs is 3. The van der Waals surface area contributed by atoms with Crippen molar-refractivity contribution in [2.24, 2.45) is 0 Å². The molecule has 1 unspecified atom stereocenters. The molecule has 65 valence electrons. The van der Waals surface area contributed by atoms with Gasteiger partial charge in [0.25, 0.3) is 0 Å². The maximum atomic E-state index is 5.72. The molecule has 3 rings (SSSR count). The van der Waals surface area contributed by atoms with Crippen molar-refractivity contribution in [2.45, 2.75) is 13.0 Å². The van der Waals surface area contributed by atoms with Gasteiger partial charge >= 0.3 is 0 Å². The molecule has 0 amide bonds. The van der Waals surface area contributed by atoms with E-state index in [1.165, 1.54) is 16.0 Å². The summed E-state index contributed by atoms with van der Waals surface area (Å²) in [5.41, 5.74) is 1.23. The SMILES string of the molecule is CC1C=c2ccc3c(c2O1)C=CC=3.[Li]. The van der Waals surface area contributed by atoms with Gasteiger partial charge in [0.05, 0.1) is 0 Å². The molecule has 2 heteroatoms. The predicted octanol–water partition coefficient (Wildman–Crippen LogP) is 0.675. The first kappa shape index (κ1) is 9.64. The van der Waals surface area contributed by atoms with Gasteiger partial charge in [-0.3, -0.25) is 0 Å². The fourth-order valence-electron chi connectivity index (χ4n) is 1.93. The molecule has 2 aliphatic rings. The maximum Gasteiger partial charge on any atom is 0.135 e. The molecule has 0 spiro atoms. The smallest absolute Gasteiger partial charge is 0.135 e. The second-order valence-electron chi connectivity index (χ2n) is 3.50. The first-order chi connectivity index (χ1) is 6.34. The summed E-state index contributed by atoms with van der Waals surface area (Å²) in [6, 6.07) is 4.27. The summed E-state index contributed by atoms with van der Waals surface area (Å²) in [5.74, 6) is 1.05. The third-order valence-corrected chi connectivity index (χ3v) is 2.52. The number of ether oxygens (including phenoxy) is 1. The quantitative estimate of drug-likeness (QED) is 0.529. The average Bonchev–Trinajstić information content (AvgIpc) is 2.65. The zero-order chi connectivity index (χ0) is 8.84. The Bertz CT molecular complexity index is 514. The van der Waals surface area contributed by atoms with E-state index in [4.69, 9.17) is 4.74 Å². The Labute approximate surface area is 95.0 Å². The fourth-order valence-corrected chi connectivity index (χ4v) is 1.93. The summed E-state index contributed by atoms with van der Waals surface area (Å²) in [7, 11) is 0. The summed E-state index contributed by atoms with van der Waals surface area (Å²) in [4.78, 5) is 0. The Balaban J connectivity index is 0.000000750. The summed E-state index contributed by atoms with van der Waals surface area (Å²) in [6.45, 7) is 2.06. The molecule has 0 saturated carbocycles. The van der Waals surface area contributed by atoms with Crippen molar-refractivity contribution in [3.63, 3.8) is 0 Å². The van der Waals surface area contributed by atoms with Crippen LogP contribution in [0.25, 0.3) is 18.2 Å². The van der Waals surface area contributed by atoms with Gasteiger partial charge in [-0.2, -0.15) is 0 Å². The zero-order valence-electron chi connectivity index (χ0n) is 8.45. The molecular weight excluding hydrogens is 167 g/mol. The molecule has 0 bridgehead atoms. The van der Waals surface area contributed by atoms with E-state index in [0.29, 0.717) is 0 Å². The fraction of sp³-hybridized carbons (Fsp3) is 0.167. The molecule has 1 aliphatic heterocycles. The van der Waals surface area contributed by atoms with Crippen molar-refractivity contribution in [1.82, 2.24) is 0 Å². The van der Waals surface area contributed by atoms with E-state index in [0.717, 1.165) is 5.75 Å². The number of hydrogen-bond donors (Lipinski definition) is 0. The van der Waals surface area contributed by atoms with Crippen molar-refractivity contribution in [3.8, 4) is 5.75 Å². The second-order valence-corrected chi connectivity index (χ2v) is 3.50. The molecule has 0 N–H and O–H groups in total. The van der Waals surface area contributed by atoms with Crippen molar-refractivity contribution in [3.05, 3.63) is 34.2 Å². The van der Waals surface area contributed by atoms with Gasteiger partial charge in [0, 0.05) is 29.6 Å². The molecule has 0 fully saturated rings. The van der Waals surface area contributed by atoms with Gasteiger partial charge in [0.1, 0.15) is 11.9 Å². The molecule has 1 atom stereocenters. The third kappa shape index (κ3) is 1.25. The normalized spacial score (nSPS) is 19.9. The first-order valence-corrected chi connectivity index (χ1v) is 4.54. The van der Waals surface area contributed by atoms with E-state index in [-0.39, 0.29) is 25.0 Å². The minimum absolute atomic E-state index is 0. The Kier molecular flexibility index (Phi) is 2.31. The largest absolute Gasteiger partial charge is 0.485 e. The van der Waals surface area contributed by atoms with E-state index in [9.17, 15) is 0 Å². The van der Waals surface area contributed by atoms with Crippen LogP contribution in [0.4, 0.5) is 0 Å². The molecule has 1 radical (unpaired) electrons. The third-order valence-electron chi connectivity index (χ3n) is 2.52. The van der Waals surface area contributed by atoms with Crippen LogP contribution in [0.1, 0.15) is 12.5 Å². The van der Waals surface area contributed by atoms with Gasteiger partial charge < -0.3 is 4.74 Å². The molecule has 1 nitrogen and oxygen atoms in total. The number of allylic oxidation sites excluding steroid dienone is 1. The van der Waals surface area contributed by atoms with Crippen molar-refractivity contribution < 1.29 is 4.74 Å². The van der Waals surface area contributed by atoms with E-state index >= 15 is 0 Å². The van der Waals surface area contributed by atoms with Crippen LogP contribution in [-0.4, -0.2) is 25.0 Å². The van der Waals surface area contributed by atoms with Crippen molar-refractivity contribution >= 4 is 37.1 Å². The maximum absolute atomic E-state index is 5.72. The van der Waals surface area contributed by atoms with E-state index in [1.807, 2.05) is 0 Å². The van der Waals surface area contributed by atoms with Crippen LogP contribution in [-0.2, 0) is 0 Å². The van der Waals surface area contributed by atoms with Crippen LogP contribution >= 0.6 is 0 Å². The molecule has 14 heavy (non-hydrogen) atoms. The second kappa shape index (κ2) is 3.35. The van der Waals surface area contributed by atoms with E-state index in [2.05, 4.69) is 43.4 Å². The van der Waals surface area contributed by atoms with Gasteiger partial charge in [-0.05, 0) is 18.2 Å². The molecular formula is C12H10LiO. The van der Waals surface area contributed by atoms with Gasteiger partial charge in [-0.1, -0.05) is 30.4 Å². The summed E-state index contributed by atoms with van der Waals surface area (Å²) >= 11 is 0. The minimum Gasteiger partial charge on any atom is -0.485 e. The van der Waals surface area contributed by atoms with Crippen molar-refractivity contribution in [1.29, 1.82) is 0 Å². The van der Waals surface area contributed by atoms with Crippen LogP contribution in [0.2, 0.25) is 0 Å². The Hall–Kier alpha value is -0.903. The molecule has 1 aromatic carbocycles. The van der Waals surface area contributed by atoms with Gasteiger partial charge in [0.2, 0.25) is 0 Å². The summed E-state index contributed by atoms with van der Waals surface area (Å²) in [6.07, 6.45) is 8.66. The number of rotatable bonds is 0. The Morgan fingerprint density at radius 2 is 2.00 bits per heavy atom. The molecule has 1 heterocycles. The molecule has 0 aromatic heterocycles. The number of benzene rings is 1. The monoisotopic (exact) mass is 177 g/mol. The predicted molar refractivity (Wildman–Crippen MR) is 59.5 cm³/mol. The molecule has 0 saturated heterocycles. The van der Waals surface area contributed by atoms with Crippen LogP contribution in [0.5, 0.6) is 5.75 Å². The van der Waals surface area contributed by atoms with Crippen molar-refractivity contribution in [2.75, 3.05) is 0 Å². The Morgan fingerprint density at radius 3 is 2.86 bits per heavy atom. The van der Waals surface area contributed by atoms with Gasteiger partial charge in [0.15, 0.2) is 0 Å². The van der Waals surface area contributed by atoms with Gasteiger partial charge in [-0.15, -0.1) is 0 Å². The Morgan fingerprint density at radius 1 is 1.21 bits per heavy atom. The number of hydrogen-bond acceptors (Lipinski definition) is 1. The standard InChI is InChI=1S/C12H10O.Li/c1-8-7-10-6-5-9-3-2-4-11(9)12(10)13-8;/h2-8H,1H3;. The van der Waals surface area contributed by atoms with E-state index in [1.54, 1.807) is 0 Å². The van der Waals surface area contributed by atoms with E-state index < -0.39 is 0 Å². The van der Waals surface area contributed by atoms with Crippen LogP contribution < -0.4 is 15.2 Å². The summed E-state index contributed by atoms with van der Waals surface area (Å²) in [5, 5.41) is 2.49. The molecule has 1 aliphatic carbocycles. The van der Waals surface area contributed by atoms with Crippen LogP contribution in [0, 0.1) is 0 Å². The molecule has 1 aromatic rings. The first-order valence-electron chi connectivity index (χ1n) is 4.54. The van der Waals surface area contributed by atoms with Crippen LogP contribution in [0.15, 0.2) is 18.2 Å². The zero-order valence-corrected chi connectivity index (χ0v) is 8.45.